The minimum atomic E-state index is -3.41. The van der Waals surface area contributed by atoms with Crippen LogP contribution in [0.3, 0.4) is 0 Å². The Labute approximate surface area is 211 Å². The van der Waals surface area contributed by atoms with Gasteiger partial charge in [0.05, 0.1) is 17.6 Å². The van der Waals surface area contributed by atoms with E-state index in [1.807, 2.05) is 60.7 Å². The van der Waals surface area contributed by atoms with E-state index in [1.54, 1.807) is 0 Å². The zero-order valence-corrected chi connectivity index (χ0v) is 21.8. The summed E-state index contributed by atoms with van der Waals surface area (Å²) < 4.78 is 31.6. The van der Waals surface area contributed by atoms with E-state index < -0.39 is 9.84 Å². The van der Waals surface area contributed by atoms with E-state index in [4.69, 9.17) is 4.74 Å². The van der Waals surface area contributed by atoms with Crippen LogP contribution in [-0.4, -0.2) is 44.6 Å². The molecule has 1 aliphatic rings. The number of sulfone groups is 1. The van der Waals surface area contributed by atoms with E-state index in [0.717, 1.165) is 23.7 Å². The molecule has 0 unspecified atom stereocenters. The number of halogens is 1. The molecule has 178 valence electrons. The highest BCUT2D eigenvalue weighted by atomic mass is 79.9. The van der Waals surface area contributed by atoms with E-state index in [9.17, 15) is 8.42 Å². The lowest BCUT2D eigenvalue weighted by atomic mass is 9.92. The summed E-state index contributed by atoms with van der Waals surface area (Å²) in [5.74, 6) is 0.705. The largest absolute Gasteiger partial charge is 0.494 e. The van der Waals surface area contributed by atoms with Crippen molar-refractivity contribution in [2.75, 3.05) is 31.3 Å². The number of alkyl halides is 1. The third-order valence-electron chi connectivity index (χ3n) is 5.97. The SMILES string of the molecule is CS(=O)(=O)C(=C1CN(C(c2ccccc2)c2ccccc2)C1)c1cccc(OCCCCBr)c1. The molecule has 34 heavy (non-hydrogen) atoms. The predicted molar refractivity (Wildman–Crippen MR) is 143 cm³/mol. The van der Waals surface area contributed by atoms with Crippen molar-refractivity contribution in [2.45, 2.75) is 18.9 Å². The molecule has 3 aromatic rings. The van der Waals surface area contributed by atoms with E-state index in [-0.39, 0.29) is 6.04 Å². The summed E-state index contributed by atoms with van der Waals surface area (Å²) in [5, 5.41) is 0.949. The van der Waals surface area contributed by atoms with Gasteiger partial charge in [-0.1, -0.05) is 88.7 Å². The lowest BCUT2D eigenvalue weighted by Gasteiger charge is -2.42. The van der Waals surface area contributed by atoms with Crippen LogP contribution in [0, 0.1) is 0 Å². The van der Waals surface area contributed by atoms with Crippen LogP contribution in [0.4, 0.5) is 0 Å². The minimum Gasteiger partial charge on any atom is -0.494 e. The van der Waals surface area contributed by atoms with Crippen LogP contribution in [-0.2, 0) is 9.84 Å². The van der Waals surface area contributed by atoms with Crippen LogP contribution < -0.4 is 4.74 Å². The van der Waals surface area contributed by atoms with Crippen LogP contribution in [0.25, 0.3) is 4.91 Å². The average molecular weight is 541 g/mol. The maximum Gasteiger partial charge on any atom is 0.176 e. The Morgan fingerprint density at radius 3 is 2.09 bits per heavy atom. The van der Waals surface area contributed by atoms with Gasteiger partial charge < -0.3 is 4.74 Å². The minimum absolute atomic E-state index is 0.0797. The number of likely N-dealkylation sites (tertiary alicyclic amines) is 1. The van der Waals surface area contributed by atoms with Gasteiger partial charge in [-0.25, -0.2) is 8.42 Å². The molecule has 0 N–H and O–H groups in total. The molecule has 0 amide bonds. The molecule has 4 nitrogen and oxygen atoms in total. The standard InChI is InChI=1S/C28H30BrNO3S/c1-34(31,32)28(24-15-10-16-26(19-24)33-18-9-8-17-29)25-20-30(21-25)27(22-11-4-2-5-12-22)23-13-6-3-7-14-23/h2-7,10-16,19,27H,8-9,17-18,20-21H2,1H3. The summed E-state index contributed by atoms with van der Waals surface area (Å²) in [6.07, 6.45) is 3.29. The van der Waals surface area contributed by atoms with Crippen LogP contribution in [0.2, 0.25) is 0 Å². The molecular formula is C28H30BrNO3S. The number of hydrogen-bond acceptors (Lipinski definition) is 4. The highest BCUT2D eigenvalue weighted by molar-refractivity contribution is 9.09. The third kappa shape index (κ3) is 5.98. The molecule has 0 aromatic heterocycles. The van der Waals surface area contributed by atoms with E-state index in [0.29, 0.717) is 35.9 Å². The molecule has 0 radical (unpaired) electrons. The normalized spacial score (nSPS) is 14.1. The van der Waals surface area contributed by atoms with Crippen molar-refractivity contribution in [3.8, 4) is 5.75 Å². The number of hydrogen-bond donors (Lipinski definition) is 0. The quantitative estimate of drug-likeness (QED) is 0.230. The zero-order chi connectivity index (χ0) is 24.0. The molecule has 1 aliphatic heterocycles. The second-order valence-corrected chi connectivity index (χ2v) is 11.4. The summed E-state index contributed by atoms with van der Waals surface area (Å²) >= 11 is 3.43. The summed E-state index contributed by atoms with van der Waals surface area (Å²) in [6, 6.07) is 28.3. The van der Waals surface area contributed by atoms with Crippen molar-refractivity contribution in [2.24, 2.45) is 0 Å². The van der Waals surface area contributed by atoms with Crippen molar-refractivity contribution >= 4 is 30.7 Å². The van der Waals surface area contributed by atoms with Crippen molar-refractivity contribution < 1.29 is 13.2 Å². The van der Waals surface area contributed by atoms with Crippen molar-refractivity contribution in [1.29, 1.82) is 0 Å². The van der Waals surface area contributed by atoms with Gasteiger partial charge in [-0.2, -0.15) is 0 Å². The lowest BCUT2D eigenvalue weighted by molar-refractivity contribution is 0.203. The highest BCUT2D eigenvalue weighted by Gasteiger charge is 2.34. The lowest BCUT2D eigenvalue weighted by Crippen LogP contribution is -2.44. The Balaban J connectivity index is 1.61. The van der Waals surface area contributed by atoms with Gasteiger partial charge in [0.1, 0.15) is 5.75 Å². The van der Waals surface area contributed by atoms with E-state index in [2.05, 4.69) is 45.1 Å². The van der Waals surface area contributed by atoms with Crippen molar-refractivity contribution in [3.05, 3.63) is 107 Å². The Bertz CT molecular complexity index is 1180. The Hall–Kier alpha value is -2.41. The number of unbranched alkanes of at least 4 members (excludes halogenated alkanes) is 1. The van der Waals surface area contributed by atoms with Gasteiger partial charge in [-0.3, -0.25) is 4.90 Å². The summed E-state index contributed by atoms with van der Waals surface area (Å²) in [4.78, 5) is 2.75. The first kappa shape index (κ1) is 24.7. The topological polar surface area (TPSA) is 46.6 Å². The molecule has 1 saturated heterocycles. The fraction of sp³-hybridized carbons (Fsp3) is 0.286. The molecule has 0 saturated carbocycles. The summed E-state index contributed by atoms with van der Waals surface area (Å²) in [5.41, 5.74) is 4.04. The molecule has 3 aromatic carbocycles. The van der Waals surface area contributed by atoms with Crippen molar-refractivity contribution in [1.82, 2.24) is 4.90 Å². The van der Waals surface area contributed by atoms with Gasteiger partial charge >= 0.3 is 0 Å². The molecule has 6 heteroatoms. The van der Waals surface area contributed by atoms with E-state index in [1.165, 1.54) is 17.4 Å². The highest BCUT2D eigenvalue weighted by Crippen LogP contribution is 2.38. The van der Waals surface area contributed by atoms with Gasteiger partial charge in [-0.05, 0) is 47.2 Å². The zero-order valence-electron chi connectivity index (χ0n) is 19.4. The summed E-state index contributed by atoms with van der Waals surface area (Å²) in [7, 11) is -3.41. The fourth-order valence-electron chi connectivity index (χ4n) is 4.45. The molecule has 1 heterocycles. The number of nitrogens with zero attached hydrogens (tertiary/aromatic N) is 1. The molecule has 0 atom stereocenters. The second-order valence-electron chi connectivity index (χ2n) is 8.61. The van der Waals surface area contributed by atoms with Gasteiger partial charge in [-0.15, -0.1) is 0 Å². The number of ether oxygens (including phenoxy) is 1. The van der Waals surface area contributed by atoms with Gasteiger partial charge in [0.2, 0.25) is 0 Å². The molecule has 1 fully saturated rings. The second kappa shape index (κ2) is 11.3. The maximum atomic E-state index is 12.9. The van der Waals surface area contributed by atoms with Crippen LogP contribution in [0.1, 0.15) is 35.6 Å². The van der Waals surface area contributed by atoms with Gasteiger partial charge in [0.25, 0.3) is 0 Å². The predicted octanol–water partition coefficient (Wildman–Crippen LogP) is 6.10. The molecule has 0 bridgehead atoms. The van der Waals surface area contributed by atoms with Crippen LogP contribution >= 0.6 is 15.9 Å². The first-order valence-electron chi connectivity index (χ1n) is 11.5. The molecule has 0 aliphatic carbocycles. The number of rotatable bonds is 10. The molecule has 4 rings (SSSR count). The Morgan fingerprint density at radius 1 is 0.912 bits per heavy atom. The summed E-state index contributed by atoms with van der Waals surface area (Å²) in [6.45, 7) is 1.82. The van der Waals surface area contributed by atoms with Crippen LogP contribution in [0.15, 0.2) is 90.5 Å². The third-order valence-corrected chi connectivity index (χ3v) is 7.80. The van der Waals surface area contributed by atoms with Gasteiger partial charge in [0.15, 0.2) is 9.84 Å². The monoisotopic (exact) mass is 539 g/mol. The first-order valence-corrected chi connectivity index (χ1v) is 14.5. The van der Waals surface area contributed by atoms with E-state index >= 15 is 0 Å². The fourth-order valence-corrected chi connectivity index (χ4v) is 6.05. The molecule has 0 spiro atoms. The van der Waals surface area contributed by atoms with Gasteiger partial charge in [0, 0.05) is 24.7 Å². The average Bonchev–Trinajstić information content (AvgIpc) is 2.81. The van der Waals surface area contributed by atoms with Crippen molar-refractivity contribution in [3.63, 3.8) is 0 Å². The maximum absolute atomic E-state index is 12.9. The number of benzene rings is 3. The first-order chi connectivity index (χ1) is 16.5. The van der Waals surface area contributed by atoms with Crippen LogP contribution in [0.5, 0.6) is 5.75 Å². The Kier molecular flexibility index (Phi) is 8.24. The molecular weight excluding hydrogens is 510 g/mol. The Morgan fingerprint density at radius 2 is 1.53 bits per heavy atom. The smallest absolute Gasteiger partial charge is 0.176 e.